The van der Waals surface area contributed by atoms with E-state index in [1.807, 2.05) is 6.92 Å². The van der Waals surface area contributed by atoms with E-state index in [9.17, 15) is 4.39 Å². The standard InChI is InChI=1S/C13H16FNO3/c1-13(4-3-5-15-13)10-11(16-2)8(14)6-9-12(10)18-7-17-9/h6,15H,3-5,7H2,1-2H3. The van der Waals surface area contributed by atoms with Crippen molar-refractivity contribution in [2.75, 3.05) is 20.4 Å². The maximum absolute atomic E-state index is 14.0. The first-order chi connectivity index (χ1) is 8.65. The van der Waals surface area contributed by atoms with Crippen molar-refractivity contribution in [2.45, 2.75) is 25.3 Å². The molecule has 18 heavy (non-hydrogen) atoms. The summed E-state index contributed by atoms with van der Waals surface area (Å²) in [5.41, 5.74) is 0.403. The second kappa shape index (κ2) is 4.02. The molecule has 0 aliphatic carbocycles. The highest BCUT2D eigenvalue weighted by molar-refractivity contribution is 5.59. The molecule has 1 aromatic rings. The quantitative estimate of drug-likeness (QED) is 0.876. The molecular weight excluding hydrogens is 237 g/mol. The minimum Gasteiger partial charge on any atom is -0.493 e. The van der Waals surface area contributed by atoms with Gasteiger partial charge in [-0.2, -0.15) is 0 Å². The number of fused-ring (bicyclic) bond motifs is 1. The molecule has 0 spiro atoms. The number of hydrogen-bond acceptors (Lipinski definition) is 4. The van der Waals surface area contributed by atoms with Gasteiger partial charge in [0.05, 0.1) is 12.7 Å². The number of halogens is 1. The minimum absolute atomic E-state index is 0.130. The van der Waals surface area contributed by atoms with E-state index in [1.54, 1.807) is 0 Å². The predicted molar refractivity (Wildman–Crippen MR) is 63.7 cm³/mol. The van der Waals surface area contributed by atoms with E-state index >= 15 is 0 Å². The number of nitrogens with one attached hydrogen (secondary N) is 1. The maximum Gasteiger partial charge on any atom is 0.231 e. The van der Waals surface area contributed by atoms with Gasteiger partial charge in [-0.25, -0.2) is 4.39 Å². The van der Waals surface area contributed by atoms with Gasteiger partial charge in [-0.1, -0.05) is 0 Å². The molecule has 3 rings (SSSR count). The van der Waals surface area contributed by atoms with Crippen molar-refractivity contribution in [1.82, 2.24) is 5.32 Å². The first-order valence-corrected chi connectivity index (χ1v) is 6.07. The van der Waals surface area contributed by atoms with Gasteiger partial charge in [0.1, 0.15) is 0 Å². The zero-order valence-corrected chi connectivity index (χ0v) is 10.5. The highest BCUT2D eigenvalue weighted by Gasteiger charge is 2.39. The summed E-state index contributed by atoms with van der Waals surface area (Å²) in [5.74, 6) is 0.895. The second-order valence-electron chi connectivity index (χ2n) is 4.86. The largest absolute Gasteiger partial charge is 0.493 e. The van der Waals surface area contributed by atoms with Crippen LogP contribution in [-0.4, -0.2) is 20.4 Å². The minimum atomic E-state index is -0.410. The Hall–Kier alpha value is -1.49. The first kappa shape index (κ1) is 11.6. The summed E-state index contributed by atoms with van der Waals surface area (Å²) in [6, 6.07) is 1.32. The number of methoxy groups -OCH3 is 1. The number of rotatable bonds is 2. The molecule has 1 atom stereocenters. The average molecular weight is 253 g/mol. The van der Waals surface area contributed by atoms with Gasteiger partial charge >= 0.3 is 0 Å². The Bertz CT molecular complexity index is 480. The molecule has 0 saturated carbocycles. The second-order valence-corrected chi connectivity index (χ2v) is 4.86. The fourth-order valence-corrected chi connectivity index (χ4v) is 2.80. The summed E-state index contributed by atoms with van der Waals surface area (Å²) in [4.78, 5) is 0. The molecule has 98 valence electrons. The maximum atomic E-state index is 14.0. The summed E-state index contributed by atoms with van der Waals surface area (Å²) < 4.78 is 30.0. The summed E-state index contributed by atoms with van der Waals surface area (Å²) in [6.07, 6.45) is 1.97. The van der Waals surface area contributed by atoms with Crippen molar-refractivity contribution in [3.8, 4) is 17.2 Å². The summed E-state index contributed by atoms with van der Waals surface area (Å²) in [6.45, 7) is 3.08. The molecule has 5 heteroatoms. The van der Waals surface area contributed by atoms with Gasteiger partial charge < -0.3 is 19.5 Å². The first-order valence-electron chi connectivity index (χ1n) is 6.07. The van der Waals surface area contributed by atoms with E-state index in [1.165, 1.54) is 13.2 Å². The van der Waals surface area contributed by atoms with Gasteiger partial charge in [0.25, 0.3) is 0 Å². The van der Waals surface area contributed by atoms with Crippen LogP contribution in [0.2, 0.25) is 0 Å². The van der Waals surface area contributed by atoms with Crippen molar-refractivity contribution >= 4 is 0 Å². The van der Waals surface area contributed by atoms with Crippen molar-refractivity contribution in [1.29, 1.82) is 0 Å². The molecular formula is C13H16FNO3. The van der Waals surface area contributed by atoms with Crippen LogP contribution in [-0.2, 0) is 5.54 Å². The van der Waals surface area contributed by atoms with Gasteiger partial charge in [0.15, 0.2) is 23.1 Å². The van der Waals surface area contributed by atoms with E-state index in [0.717, 1.165) is 24.9 Å². The van der Waals surface area contributed by atoms with Crippen LogP contribution >= 0.6 is 0 Å². The lowest BCUT2D eigenvalue weighted by atomic mass is 9.88. The van der Waals surface area contributed by atoms with Gasteiger partial charge in [-0.05, 0) is 26.3 Å². The van der Waals surface area contributed by atoms with E-state index in [0.29, 0.717) is 11.5 Å². The molecule has 1 N–H and O–H groups in total. The SMILES string of the molecule is COc1c(F)cc2c(c1C1(C)CCCN1)OCO2. The molecule has 1 saturated heterocycles. The fraction of sp³-hybridized carbons (Fsp3) is 0.538. The van der Waals surface area contributed by atoms with E-state index in [4.69, 9.17) is 14.2 Å². The molecule has 0 amide bonds. The molecule has 4 nitrogen and oxygen atoms in total. The zero-order chi connectivity index (χ0) is 12.8. The van der Waals surface area contributed by atoms with Crippen LogP contribution in [0.15, 0.2) is 6.07 Å². The summed E-state index contributed by atoms with van der Waals surface area (Å²) in [7, 11) is 1.47. The third-order valence-electron chi connectivity index (χ3n) is 3.69. The number of benzene rings is 1. The number of ether oxygens (including phenoxy) is 3. The predicted octanol–water partition coefficient (Wildman–Crippen LogP) is 2.16. The lowest BCUT2D eigenvalue weighted by Gasteiger charge is -2.28. The van der Waals surface area contributed by atoms with Crippen LogP contribution in [0.1, 0.15) is 25.3 Å². The zero-order valence-electron chi connectivity index (χ0n) is 10.5. The lowest BCUT2D eigenvalue weighted by Crippen LogP contribution is -2.34. The Morgan fingerprint density at radius 2 is 2.28 bits per heavy atom. The highest BCUT2D eigenvalue weighted by Crippen LogP contribution is 2.49. The van der Waals surface area contributed by atoms with Crippen LogP contribution in [0.3, 0.4) is 0 Å². The molecule has 2 aliphatic rings. The summed E-state index contributed by atoms with van der Waals surface area (Å²) >= 11 is 0. The molecule has 1 aromatic carbocycles. The third-order valence-corrected chi connectivity index (χ3v) is 3.69. The van der Waals surface area contributed by atoms with Crippen LogP contribution in [0.5, 0.6) is 17.2 Å². The van der Waals surface area contributed by atoms with Crippen molar-refractivity contribution < 1.29 is 18.6 Å². The summed E-state index contributed by atoms with van der Waals surface area (Å²) in [5, 5.41) is 3.40. The fourth-order valence-electron chi connectivity index (χ4n) is 2.80. The number of hydrogen-bond donors (Lipinski definition) is 1. The van der Waals surface area contributed by atoms with Crippen LogP contribution < -0.4 is 19.5 Å². The van der Waals surface area contributed by atoms with Gasteiger partial charge in [-0.3, -0.25) is 0 Å². The smallest absolute Gasteiger partial charge is 0.231 e. The Labute approximate surface area is 105 Å². The molecule has 1 unspecified atom stereocenters. The molecule has 2 aliphatic heterocycles. The highest BCUT2D eigenvalue weighted by atomic mass is 19.1. The van der Waals surface area contributed by atoms with Crippen molar-refractivity contribution in [2.24, 2.45) is 0 Å². The van der Waals surface area contributed by atoms with Gasteiger partial charge in [-0.15, -0.1) is 0 Å². The van der Waals surface area contributed by atoms with E-state index in [-0.39, 0.29) is 18.1 Å². The molecule has 0 aromatic heterocycles. The topological polar surface area (TPSA) is 39.7 Å². The average Bonchev–Trinajstić information content (AvgIpc) is 2.96. The van der Waals surface area contributed by atoms with Gasteiger partial charge in [0, 0.05) is 11.6 Å². The van der Waals surface area contributed by atoms with Crippen LogP contribution in [0.25, 0.3) is 0 Å². The molecule has 1 fully saturated rings. The van der Waals surface area contributed by atoms with E-state index < -0.39 is 5.82 Å². The molecule has 0 radical (unpaired) electrons. The Kier molecular flexibility index (Phi) is 2.59. The lowest BCUT2D eigenvalue weighted by molar-refractivity contribution is 0.171. The van der Waals surface area contributed by atoms with Crippen molar-refractivity contribution in [3.05, 3.63) is 17.4 Å². The van der Waals surface area contributed by atoms with Crippen molar-refractivity contribution in [3.63, 3.8) is 0 Å². The monoisotopic (exact) mass is 253 g/mol. The molecule has 2 heterocycles. The Morgan fingerprint density at radius 1 is 1.44 bits per heavy atom. The Morgan fingerprint density at radius 3 is 2.94 bits per heavy atom. The Balaban J connectivity index is 2.22. The van der Waals surface area contributed by atoms with Gasteiger partial charge in [0.2, 0.25) is 6.79 Å². The molecule has 0 bridgehead atoms. The van der Waals surface area contributed by atoms with Crippen LogP contribution in [0.4, 0.5) is 4.39 Å². The van der Waals surface area contributed by atoms with E-state index in [2.05, 4.69) is 5.32 Å². The third kappa shape index (κ3) is 1.54. The normalized spacial score (nSPS) is 25.5. The van der Waals surface area contributed by atoms with Crippen LogP contribution in [0, 0.1) is 5.82 Å².